The highest BCUT2D eigenvalue weighted by molar-refractivity contribution is 7.09. The third kappa shape index (κ3) is 3.16. The van der Waals surface area contributed by atoms with Gasteiger partial charge < -0.3 is 9.73 Å². The van der Waals surface area contributed by atoms with Crippen LogP contribution in [0.3, 0.4) is 0 Å². The highest BCUT2D eigenvalue weighted by Crippen LogP contribution is 2.27. The van der Waals surface area contributed by atoms with E-state index in [1.807, 2.05) is 0 Å². The van der Waals surface area contributed by atoms with Crippen molar-refractivity contribution in [2.75, 3.05) is 6.54 Å². The average Bonchev–Trinajstić information content (AvgIpc) is 3.04. The second kappa shape index (κ2) is 6.72. The molecule has 19 heavy (non-hydrogen) atoms. The second-order valence-corrected chi connectivity index (χ2v) is 5.02. The molecular weight excluding hydrogens is 262 g/mol. The minimum absolute atomic E-state index is 0.113. The summed E-state index contributed by atoms with van der Waals surface area (Å²) in [4.78, 5) is 0.895. The maximum atomic E-state index is 5.77. The van der Waals surface area contributed by atoms with Crippen molar-refractivity contribution < 1.29 is 4.42 Å². The Morgan fingerprint density at radius 2 is 2.05 bits per heavy atom. The second-order valence-electron chi connectivity index (χ2n) is 4.26. The molecule has 0 spiro atoms. The molecule has 0 amide bonds. The standard InChI is InChI=1S/C12H19N5OS/c1-4-7-9-10(19-17-14-9)12-16-15-11(18-12)8(5-2)13-6-3/h8,13H,4-7H2,1-3H3. The van der Waals surface area contributed by atoms with Crippen LogP contribution in [0.4, 0.5) is 0 Å². The Kier molecular flexibility index (Phi) is 4.98. The maximum absolute atomic E-state index is 5.77. The molecule has 7 heteroatoms. The number of aromatic nitrogens is 4. The fourth-order valence-corrected chi connectivity index (χ4v) is 2.52. The number of nitrogens with one attached hydrogen (secondary N) is 1. The average molecular weight is 281 g/mol. The van der Waals surface area contributed by atoms with E-state index < -0.39 is 0 Å². The summed E-state index contributed by atoms with van der Waals surface area (Å²) < 4.78 is 9.74. The molecule has 0 bridgehead atoms. The van der Waals surface area contributed by atoms with Gasteiger partial charge in [-0.1, -0.05) is 31.7 Å². The Bertz CT molecular complexity index is 510. The fourth-order valence-electron chi connectivity index (χ4n) is 1.89. The van der Waals surface area contributed by atoms with Gasteiger partial charge in [0, 0.05) is 0 Å². The van der Waals surface area contributed by atoms with Crippen LogP contribution in [0, 0.1) is 0 Å². The number of nitrogens with zero attached hydrogens (tertiary/aromatic N) is 4. The van der Waals surface area contributed by atoms with E-state index in [1.54, 1.807) is 0 Å². The van der Waals surface area contributed by atoms with Gasteiger partial charge in [-0.05, 0) is 30.9 Å². The molecule has 2 aromatic heterocycles. The van der Waals surface area contributed by atoms with Crippen molar-refractivity contribution in [3.05, 3.63) is 11.6 Å². The summed E-state index contributed by atoms with van der Waals surface area (Å²) in [6.45, 7) is 7.14. The number of hydrogen-bond acceptors (Lipinski definition) is 7. The molecule has 0 saturated carbocycles. The summed E-state index contributed by atoms with van der Waals surface area (Å²) in [6, 6.07) is 0.113. The van der Waals surface area contributed by atoms with E-state index in [9.17, 15) is 0 Å². The van der Waals surface area contributed by atoms with Crippen LogP contribution >= 0.6 is 11.5 Å². The Labute approximate surface area is 116 Å². The van der Waals surface area contributed by atoms with Crippen LogP contribution in [-0.4, -0.2) is 26.3 Å². The first-order chi connectivity index (χ1) is 9.30. The van der Waals surface area contributed by atoms with Crippen molar-refractivity contribution in [3.8, 4) is 10.8 Å². The summed E-state index contributed by atoms with van der Waals surface area (Å²) in [5.74, 6) is 1.17. The predicted octanol–water partition coefficient (Wildman–Crippen LogP) is 2.60. The van der Waals surface area contributed by atoms with E-state index in [0.717, 1.165) is 36.4 Å². The lowest BCUT2D eigenvalue weighted by Gasteiger charge is -2.09. The Morgan fingerprint density at radius 1 is 1.21 bits per heavy atom. The van der Waals surface area contributed by atoms with Gasteiger partial charge in [-0.3, -0.25) is 0 Å². The van der Waals surface area contributed by atoms with Crippen molar-refractivity contribution in [3.63, 3.8) is 0 Å². The molecule has 6 nitrogen and oxygen atoms in total. The van der Waals surface area contributed by atoms with Crippen LogP contribution in [-0.2, 0) is 6.42 Å². The topological polar surface area (TPSA) is 76.7 Å². The fraction of sp³-hybridized carbons (Fsp3) is 0.667. The third-order valence-electron chi connectivity index (χ3n) is 2.83. The van der Waals surface area contributed by atoms with Gasteiger partial charge in [0.1, 0.15) is 4.88 Å². The van der Waals surface area contributed by atoms with Crippen LogP contribution in [0.2, 0.25) is 0 Å². The molecule has 0 saturated heterocycles. The summed E-state index contributed by atoms with van der Waals surface area (Å²) in [5.41, 5.74) is 0.944. The molecule has 1 unspecified atom stereocenters. The molecule has 2 rings (SSSR count). The largest absolute Gasteiger partial charge is 0.418 e. The van der Waals surface area contributed by atoms with E-state index in [1.165, 1.54) is 11.5 Å². The first-order valence-electron chi connectivity index (χ1n) is 6.68. The zero-order valence-corrected chi connectivity index (χ0v) is 12.3. The smallest absolute Gasteiger partial charge is 0.261 e. The molecule has 0 aromatic carbocycles. The van der Waals surface area contributed by atoms with Gasteiger partial charge in [-0.15, -0.1) is 15.3 Å². The van der Waals surface area contributed by atoms with Gasteiger partial charge in [0.15, 0.2) is 0 Å². The van der Waals surface area contributed by atoms with Crippen molar-refractivity contribution in [1.29, 1.82) is 0 Å². The molecule has 0 fully saturated rings. The first-order valence-corrected chi connectivity index (χ1v) is 7.45. The van der Waals surface area contributed by atoms with Crippen LogP contribution < -0.4 is 5.32 Å². The van der Waals surface area contributed by atoms with E-state index in [-0.39, 0.29) is 6.04 Å². The minimum atomic E-state index is 0.113. The van der Waals surface area contributed by atoms with Gasteiger partial charge in [0.2, 0.25) is 5.89 Å². The highest BCUT2D eigenvalue weighted by atomic mass is 32.1. The lowest BCUT2D eigenvalue weighted by molar-refractivity contribution is 0.402. The molecule has 0 aliphatic rings. The minimum Gasteiger partial charge on any atom is -0.418 e. The zero-order valence-electron chi connectivity index (χ0n) is 11.5. The van der Waals surface area contributed by atoms with Gasteiger partial charge in [0.25, 0.3) is 5.89 Å². The maximum Gasteiger partial charge on any atom is 0.261 e. The van der Waals surface area contributed by atoms with E-state index in [0.29, 0.717) is 11.8 Å². The molecule has 0 aliphatic heterocycles. The van der Waals surface area contributed by atoms with Crippen molar-refractivity contribution >= 4 is 11.5 Å². The van der Waals surface area contributed by atoms with Crippen LogP contribution in [0.25, 0.3) is 10.8 Å². The molecular formula is C12H19N5OS. The molecule has 2 aromatic rings. The number of hydrogen-bond donors (Lipinski definition) is 1. The number of rotatable bonds is 7. The Balaban J connectivity index is 2.22. The van der Waals surface area contributed by atoms with Crippen molar-refractivity contribution in [1.82, 2.24) is 25.1 Å². The summed E-state index contributed by atoms with van der Waals surface area (Å²) in [6.07, 6.45) is 2.82. The lowest BCUT2D eigenvalue weighted by Crippen LogP contribution is -2.20. The van der Waals surface area contributed by atoms with Gasteiger partial charge in [-0.2, -0.15) is 0 Å². The van der Waals surface area contributed by atoms with Gasteiger partial charge in [0.05, 0.1) is 11.7 Å². The molecule has 104 valence electrons. The quantitative estimate of drug-likeness (QED) is 0.840. The molecule has 0 aliphatic carbocycles. The normalized spacial score (nSPS) is 12.8. The summed E-state index contributed by atoms with van der Waals surface area (Å²) in [7, 11) is 0. The van der Waals surface area contributed by atoms with Crippen LogP contribution in [0.5, 0.6) is 0 Å². The molecule has 1 N–H and O–H groups in total. The van der Waals surface area contributed by atoms with E-state index in [4.69, 9.17) is 4.42 Å². The predicted molar refractivity (Wildman–Crippen MR) is 73.9 cm³/mol. The third-order valence-corrected chi connectivity index (χ3v) is 3.59. The zero-order chi connectivity index (χ0) is 13.7. The Morgan fingerprint density at radius 3 is 2.74 bits per heavy atom. The summed E-state index contributed by atoms with van der Waals surface area (Å²) >= 11 is 1.31. The summed E-state index contributed by atoms with van der Waals surface area (Å²) in [5, 5.41) is 15.7. The molecule has 1 atom stereocenters. The SMILES string of the molecule is CCCc1nnsc1-c1nnc(C(CC)NCC)o1. The molecule has 0 radical (unpaired) electrons. The van der Waals surface area contributed by atoms with Crippen molar-refractivity contribution in [2.45, 2.75) is 46.1 Å². The van der Waals surface area contributed by atoms with Crippen LogP contribution in [0.15, 0.2) is 4.42 Å². The first kappa shape index (κ1) is 14.1. The van der Waals surface area contributed by atoms with E-state index in [2.05, 4.69) is 45.9 Å². The van der Waals surface area contributed by atoms with Gasteiger partial charge >= 0.3 is 0 Å². The van der Waals surface area contributed by atoms with Crippen LogP contribution in [0.1, 0.15) is 51.2 Å². The highest BCUT2D eigenvalue weighted by Gasteiger charge is 2.20. The lowest BCUT2D eigenvalue weighted by atomic mass is 10.2. The van der Waals surface area contributed by atoms with E-state index >= 15 is 0 Å². The Hall–Kier alpha value is -1.34. The van der Waals surface area contributed by atoms with Gasteiger partial charge in [-0.25, -0.2) is 0 Å². The monoisotopic (exact) mass is 281 g/mol. The van der Waals surface area contributed by atoms with Crippen molar-refractivity contribution in [2.24, 2.45) is 0 Å². The number of aryl methyl sites for hydroxylation is 1. The molecule has 2 heterocycles.